The van der Waals surface area contributed by atoms with Gasteiger partial charge in [0.2, 0.25) is 0 Å². The van der Waals surface area contributed by atoms with Crippen LogP contribution in [0.25, 0.3) is 0 Å². The third-order valence-corrected chi connectivity index (χ3v) is 3.76. The maximum absolute atomic E-state index is 11.8. The Bertz CT molecular complexity index is 340. The highest BCUT2D eigenvalue weighted by Crippen LogP contribution is 2.19. The lowest BCUT2D eigenvalue weighted by Crippen LogP contribution is -2.50. The van der Waals surface area contributed by atoms with Gasteiger partial charge in [-0.15, -0.1) is 0 Å². The van der Waals surface area contributed by atoms with Gasteiger partial charge >= 0.3 is 5.97 Å². The van der Waals surface area contributed by atoms with Crippen LogP contribution in [0.5, 0.6) is 0 Å². The average molecular weight is 257 g/mol. The van der Waals surface area contributed by atoms with Gasteiger partial charge in [0.1, 0.15) is 11.3 Å². The number of thioether (sulfide) groups is 1. The topological polar surface area (TPSA) is 51.5 Å². The van der Waals surface area contributed by atoms with Gasteiger partial charge in [0.15, 0.2) is 0 Å². The Kier molecular flexibility index (Phi) is 5.58. The standard InChI is InChI=1S/C12H19NO3S/c1-4-15-11(14)12(2,13-3)9-17-8-10-6-5-7-16-10/h5-7,13H,4,8-9H2,1-3H3. The molecule has 0 bridgehead atoms. The van der Waals surface area contributed by atoms with E-state index in [0.29, 0.717) is 12.4 Å². The molecule has 1 aromatic heterocycles. The second kappa shape index (κ2) is 6.71. The van der Waals surface area contributed by atoms with Crippen molar-refractivity contribution in [3.05, 3.63) is 24.2 Å². The molecule has 1 rings (SSSR count). The first kappa shape index (κ1) is 14.1. The van der Waals surface area contributed by atoms with Crippen LogP contribution in [0.15, 0.2) is 22.8 Å². The number of hydrogen-bond donors (Lipinski definition) is 1. The summed E-state index contributed by atoms with van der Waals surface area (Å²) in [6.07, 6.45) is 1.65. The first-order valence-electron chi connectivity index (χ1n) is 5.58. The molecule has 0 saturated heterocycles. The molecule has 1 heterocycles. The normalized spacial score (nSPS) is 14.3. The van der Waals surface area contributed by atoms with Crippen molar-refractivity contribution in [2.75, 3.05) is 19.4 Å². The van der Waals surface area contributed by atoms with E-state index < -0.39 is 5.54 Å². The molecule has 17 heavy (non-hydrogen) atoms. The Morgan fingerprint density at radius 1 is 1.65 bits per heavy atom. The first-order chi connectivity index (χ1) is 8.12. The predicted molar refractivity (Wildman–Crippen MR) is 69.0 cm³/mol. The van der Waals surface area contributed by atoms with Gasteiger partial charge in [-0.05, 0) is 33.0 Å². The van der Waals surface area contributed by atoms with Gasteiger partial charge in [-0.25, -0.2) is 0 Å². The largest absolute Gasteiger partial charge is 0.468 e. The van der Waals surface area contributed by atoms with Crippen LogP contribution in [0.1, 0.15) is 19.6 Å². The zero-order valence-corrected chi connectivity index (χ0v) is 11.3. The summed E-state index contributed by atoms with van der Waals surface area (Å²) in [6.45, 7) is 4.06. The Morgan fingerprint density at radius 3 is 2.94 bits per heavy atom. The molecule has 0 fully saturated rings. The fourth-order valence-electron chi connectivity index (χ4n) is 1.27. The maximum atomic E-state index is 11.8. The van der Waals surface area contributed by atoms with E-state index in [-0.39, 0.29) is 5.97 Å². The van der Waals surface area contributed by atoms with Crippen molar-refractivity contribution in [2.24, 2.45) is 0 Å². The predicted octanol–water partition coefficient (Wildman–Crippen LogP) is 2.05. The SMILES string of the molecule is CCOC(=O)C(C)(CSCc1ccco1)NC. The maximum Gasteiger partial charge on any atom is 0.326 e. The number of esters is 1. The van der Waals surface area contributed by atoms with Gasteiger partial charge in [-0.3, -0.25) is 4.79 Å². The summed E-state index contributed by atoms with van der Waals surface area (Å²) in [5, 5.41) is 3.02. The second-order valence-corrected chi connectivity index (χ2v) is 4.86. The number of nitrogens with one attached hydrogen (secondary N) is 1. The third kappa shape index (κ3) is 4.09. The average Bonchev–Trinajstić information content (AvgIpc) is 2.82. The van der Waals surface area contributed by atoms with Gasteiger partial charge in [0.05, 0.1) is 18.6 Å². The van der Waals surface area contributed by atoms with Crippen LogP contribution in [-0.2, 0) is 15.3 Å². The molecule has 4 nitrogen and oxygen atoms in total. The molecule has 0 aromatic carbocycles. The molecule has 1 unspecified atom stereocenters. The lowest BCUT2D eigenvalue weighted by molar-refractivity contribution is -0.149. The van der Waals surface area contributed by atoms with E-state index in [4.69, 9.17) is 9.15 Å². The molecule has 0 aliphatic rings. The summed E-state index contributed by atoms with van der Waals surface area (Å²) < 4.78 is 10.3. The van der Waals surface area contributed by atoms with Crippen LogP contribution < -0.4 is 5.32 Å². The number of ether oxygens (including phenoxy) is 1. The summed E-state index contributed by atoms with van der Waals surface area (Å²) in [4.78, 5) is 11.8. The highest BCUT2D eigenvalue weighted by atomic mass is 32.2. The van der Waals surface area contributed by atoms with E-state index >= 15 is 0 Å². The molecule has 0 amide bonds. The van der Waals surface area contributed by atoms with Crippen molar-refractivity contribution in [1.82, 2.24) is 5.32 Å². The van der Waals surface area contributed by atoms with Gasteiger partial charge < -0.3 is 14.5 Å². The molecular formula is C12H19NO3S. The monoisotopic (exact) mass is 257 g/mol. The van der Waals surface area contributed by atoms with E-state index in [1.165, 1.54) is 0 Å². The van der Waals surface area contributed by atoms with Crippen molar-refractivity contribution < 1.29 is 13.9 Å². The molecule has 1 atom stereocenters. The number of rotatable bonds is 7. The molecule has 96 valence electrons. The summed E-state index contributed by atoms with van der Waals surface area (Å²) >= 11 is 1.64. The minimum Gasteiger partial charge on any atom is -0.468 e. The van der Waals surface area contributed by atoms with E-state index in [0.717, 1.165) is 11.5 Å². The summed E-state index contributed by atoms with van der Waals surface area (Å²) in [5.41, 5.74) is -0.646. The smallest absolute Gasteiger partial charge is 0.326 e. The van der Waals surface area contributed by atoms with Crippen LogP contribution in [0.2, 0.25) is 0 Å². The zero-order valence-electron chi connectivity index (χ0n) is 10.5. The van der Waals surface area contributed by atoms with Crippen LogP contribution in [0.3, 0.4) is 0 Å². The molecule has 1 N–H and O–H groups in total. The molecule has 1 aromatic rings. The van der Waals surface area contributed by atoms with Crippen molar-refractivity contribution in [1.29, 1.82) is 0 Å². The van der Waals surface area contributed by atoms with E-state index in [9.17, 15) is 4.79 Å². The number of furan rings is 1. The fourth-order valence-corrected chi connectivity index (χ4v) is 2.41. The Hall–Kier alpha value is -0.940. The van der Waals surface area contributed by atoms with Crippen molar-refractivity contribution >= 4 is 17.7 Å². The van der Waals surface area contributed by atoms with E-state index in [2.05, 4.69) is 5.32 Å². The summed E-state index contributed by atoms with van der Waals surface area (Å²) in [6, 6.07) is 3.78. The van der Waals surface area contributed by atoms with Gasteiger partial charge in [0, 0.05) is 5.75 Å². The summed E-state index contributed by atoms with van der Waals surface area (Å²) in [7, 11) is 1.77. The van der Waals surface area contributed by atoms with Crippen LogP contribution >= 0.6 is 11.8 Å². The fraction of sp³-hybridized carbons (Fsp3) is 0.583. The number of carbonyl (C=O) groups excluding carboxylic acids is 1. The van der Waals surface area contributed by atoms with Crippen LogP contribution in [0, 0.1) is 0 Å². The molecule has 0 spiro atoms. The van der Waals surface area contributed by atoms with Crippen LogP contribution in [0.4, 0.5) is 0 Å². The molecule has 0 aliphatic heterocycles. The Morgan fingerprint density at radius 2 is 2.41 bits per heavy atom. The number of hydrogen-bond acceptors (Lipinski definition) is 5. The molecule has 0 radical (unpaired) electrons. The molecule has 0 aliphatic carbocycles. The molecule has 0 saturated carbocycles. The van der Waals surface area contributed by atoms with Crippen LogP contribution in [-0.4, -0.2) is 30.9 Å². The molecule has 5 heteroatoms. The van der Waals surface area contributed by atoms with Crippen molar-refractivity contribution in [3.8, 4) is 0 Å². The highest BCUT2D eigenvalue weighted by Gasteiger charge is 2.32. The molecular weight excluding hydrogens is 238 g/mol. The highest BCUT2D eigenvalue weighted by molar-refractivity contribution is 7.98. The first-order valence-corrected chi connectivity index (χ1v) is 6.74. The second-order valence-electron chi connectivity index (χ2n) is 3.87. The lowest BCUT2D eigenvalue weighted by atomic mass is 10.1. The number of carbonyl (C=O) groups is 1. The van der Waals surface area contributed by atoms with E-state index in [1.54, 1.807) is 25.1 Å². The van der Waals surface area contributed by atoms with Crippen molar-refractivity contribution in [3.63, 3.8) is 0 Å². The minimum absolute atomic E-state index is 0.213. The quantitative estimate of drug-likeness (QED) is 0.758. The zero-order chi connectivity index (χ0) is 12.7. The third-order valence-electron chi connectivity index (χ3n) is 2.49. The summed E-state index contributed by atoms with van der Waals surface area (Å²) in [5.74, 6) is 2.10. The van der Waals surface area contributed by atoms with E-state index in [1.807, 2.05) is 26.0 Å². The Labute approximate surface area is 106 Å². The van der Waals surface area contributed by atoms with Gasteiger partial charge in [-0.1, -0.05) is 0 Å². The van der Waals surface area contributed by atoms with Crippen molar-refractivity contribution in [2.45, 2.75) is 25.1 Å². The number of likely N-dealkylation sites (N-methyl/N-ethyl adjacent to an activating group) is 1. The Balaban J connectivity index is 2.43. The minimum atomic E-state index is -0.646. The van der Waals surface area contributed by atoms with Gasteiger partial charge in [-0.2, -0.15) is 11.8 Å². The van der Waals surface area contributed by atoms with Gasteiger partial charge in [0.25, 0.3) is 0 Å². The lowest BCUT2D eigenvalue weighted by Gasteiger charge is -2.26.